The monoisotopic (exact) mass is 357 g/mol. The van der Waals surface area contributed by atoms with Gasteiger partial charge in [0, 0.05) is 17.1 Å². The van der Waals surface area contributed by atoms with Crippen LogP contribution in [-0.2, 0) is 13.8 Å². The molecule has 112 valence electrons. The molecule has 0 spiro atoms. The Bertz CT molecular complexity index is 629. The Hall–Kier alpha value is -0.490. The molecule has 4 nitrogen and oxygen atoms in total. The molecule has 1 rings (SSSR count). The maximum Gasteiger partial charge on any atom is 0.261 e. The predicted molar refractivity (Wildman–Crippen MR) is 82.4 cm³/mol. The van der Waals surface area contributed by atoms with Crippen LogP contribution in [0.15, 0.2) is 11.0 Å². The van der Waals surface area contributed by atoms with Crippen molar-refractivity contribution >= 4 is 54.5 Å². The fraction of sp³-hybridized carbons (Fsp3) is 0.417. The summed E-state index contributed by atoms with van der Waals surface area (Å²) in [5.74, 6) is -0.225. The fourth-order valence-corrected chi connectivity index (χ4v) is 3.48. The van der Waals surface area contributed by atoms with Gasteiger partial charge in [-0.25, -0.2) is 8.42 Å². The number of carbonyl (C=O) groups excluding carboxylic acids is 1. The smallest absolute Gasteiger partial charge is 0.261 e. The third-order valence-corrected chi connectivity index (χ3v) is 4.92. The maximum atomic E-state index is 11.7. The standard InChI is InChI=1S/C12H14Cl3NO3S/c1-3-4-5-10(17)16-12-8(13)6-9(20(15,18)19)7(2)11(12)14/h6H,3-5H2,1-2H3,(H,16,17). The SMILES string of the molecule is CCCCC(=O)Nc1c(Cl)cc(S(=O)(=O)Cl)c(C)c1Cl. The van der Waals surface area contributed by atoms with E-state index in [0.29, 0.717) is 6.42 Å². The van der Waals surface area contributed by atoms with Gasteiger partial charge in [-0.05, 0) is 25.0 Å². The predicted octanol–water partition coefficient (Wildman–Crippen LogP) is 4.36. The molecule has 1 aromatic carbocycles. The first-order valence-electron chi connectivity index (χ1n) is 5.91. The van der Waals surface area contributed by atoms with Crippen molar-refractivity contribution in [2.75, 3.05) is 5.32 Å². The molecule has 0 heterocycles. The molecular weight excluding hydrogens is 345 g/mol. The van der Waals surface area contributed by atoms with Gasteiger partial charge in [0.05, 0.1) is 20.6 Å². The second kappa shape index (κ2) is 6.98. The van der Waals surface area contributed by atoms with Crippen molar-refractivity contribution in [1.82, 2.24) is 0 Å². The van der Waals surface area contributed by atoms with Gasteiger partial charge >= 0.3 is 0 Å². The molecule has 8 heteroatoms. The molecule has 0 radical (unpaired) electrons. The average Bonchev–Trinajstić information content (AvgIpc) is 2.35. The molecule has 0 bridgehead atoms. The van der Waals surface area contributed by atoms with Gasteiger partial charge in [-0.15, -0.1) is 0 Å². The highest BCUT2D eigenvalue weighted by molar-refractivity contribution is 8.13. The number of hydrogen-bond acceptors (Lipinski definition) is 3. The number of anilines is 1. The first kappa shape index (κ1) is 17.6. The van der Waals surface area contributed by atoms with E-state index in [-0.39, 0.29) is 32.1 Å². The molecule has 0 fully saturated rings. The molecule has 0 aliphatic rings. The molecular formula is C12H14Cl3NO3S. The van der Waals surface area contributed by atoms with Crippen molar-refractivity contribution in [3.05, 3.63) is 21.7 Å². The van der Waals surface area contributed by atoms with Crippen LogP contribution in [0, 0.1) is 6.92 Å². The topological polar surface area (TPSA) is 63.2 Å². The lowest BCUT2D eigenvalue weighted by Crippen LogP contribution is -2.12. The highest BCUT2D eigenvalue weighted by atomic mass is 35.7. The number of nitrogens with one attached hydrogen (secondary N) is 1. The molecule has 0 saturated heterocycles. The molecule has 0 atom stereocenters. The van der Waals surface area contributed by atoms with Gasteiger partial charge in [-0.2, -0.15) is 0 Å². The number of amides is 1. The van der Waals surface area contributed by atoms with E-state index >= 15 is 0 Å². The van der Waals surface area contributed by atoms with Crippen LogP contribution in [0.3, 0.4) is 0 Å². The van der Waals surface area contributed by atoms with Crippen molar-refractivity contribution in [2.24, 2.45) is 0 Å². The zero-order chi connectivity index (χ0) is 15.5. The third kappa shape index (κ3) is 4.25. The van der Waals surface area contributed by atoms with Crippen molar-refractivity contribution in [2.45, 2.75) is 38.0 Å². The van der Waals surface area contributed by atoms with Gasteiger partial charge in [0.15, 0.2) is 0 Å². The second-order valence-corrected chi connectivity index (χ2v) is 7.58. The van der Waals surface area contributed by atoms with Crippen LogP contribution in [0.2, 0.25) is 10.0 Å². The van der Waals surface area contributed by atoms with E-state index in [9.17, 15) is 13.2 Å². The number of unbranched alkanes of at least 4 members (excludes halogenated alkanes) is 1. The van der Waals surface area contributed by atoms with E-state index in [1.54, 1.807) is 0 Å². The van der Waals surface area contributed by atoms with Crippen molar-refractivity contribution < 1.29 is 13.2 Å². The lowest BCUT2D eigenvalue weighted by molar-refractivity contribution is -0.116. The number of hydrogen-bond donors (Lipinski definition) is 1. The van der Waals surface area contributed by atoms with Crippen LogP contribution in [0.1, 0.15) is 31.7 Å². The van der Waals surface area contributed by atoms with E-state index in [2.05, 4.69) is 5.32 Å². The quantitative estimate of drug-likeness (QED) is 0.795. The van der Waals surface area contributed by atoms with Crippen molar-refractivity contribution in [3.8, 4) is 0 Å². The molecule has 0 unspecified atom stereocenters. The van der Waals surface area contributed by atoms with Crippen molar-refractivity contribution in [3.63, 3.8) is 0 Å². The average molecular weight is 359 g/mol. The van der Waals surface area contributed by atoms with E-state index in [1.807, 2.05) is 6.92 Å². The van der Waals surface area contributed by atoms with Crippen LogP contribution >= 0.6 is 33.9 Å². The Labute approximate surface area is 132 Å². The van der Waals surface area contributed by atoms with E-state index in [1.165, 1.54) is 13.0 Å². The lowest BCUT2D eigenvalue weighted by atomic mass is 10.2. The lowest BCUT2D eigenvalue weighted by Gasteiger charge is -2.13. The number of rotatable bonds is 5. The van der Waals surface area contributed by atoms with Crippen LogP contribution < -0.4 is 5.32 Å². The summed E-state index contributed by atoms with van der Waals surface area (Å²) in [5, 5.41) is 2.70. The maximum absolute atomic E-state index is 11.7. The van der Waals surface area contributed by atoms with Crippen LogP contribution in [-0.4, -0.2) is 14.3 Å². The van der Waals surface area contributed by atoms with Gasteiger partial charge in [-0.3, -0.25) is 4.79 Å². The summed E-state index contributed by atoms with van der Waals surface area (Å²) in [6.07, 6.45) is 1.98. The first-order chi connectivity index (χ1) is 9.18. The molecule has 0 aliphatic carbocycles. The summed E-state index contributed by atoms with van der Waals surface area (Å²) in [5.41, 5.74) is 0.452. The highest BCUT2D eigenvalue weighted by Gasteiger charge is 2.21. The second-order valence-electron chi connectivity index (χ2n) is 4.26. The van der Waals surface area contributed by atoms with Gasteiger partial charge in [0.2, 0.25) is 5.91 Å². The third-order valence-electron chi connectivity index (χ3n) is 2.70. The number of carbonyl (C=O) groups is 1. The Balaban J connectivity index is 3.18. The van der Waals surface area contributed by atoms with Gasteiger partial charge in [0.1, 0.15) is 0 Å². The molecule has 0 aromatic heterocycles. The van der Waals surface area contributed by atoms with Gasteiger partial charge in [-0.1, -0.05) is 36.5 Å². The van der Waals surface area contributed by atoms with Gasteiger partial charge < -0.3 is 5.32 Å². The molecule has 1 amide bonds. The zero-order valence-electron chi connectivity index (χ0n) is 11.0. The Morgan fingerprint density at radius 3 is 2.45 bits per heavy atom. The molecule has 1 aromatic rings. The summed E-state index contributed by atoms with van der Waals surface area (Å²) in [4.78, 5) is 11.5. The summed E-state index contributed by atoms with van der Waals surface area (Å²) in [6.45, 7) is 3.47. The Kier molecular flexibility index (Phi) is 6.13. The molecule has 0 saturated carbocycles. The first-order valence-corrected chi connectivity index (χ1v) is 8.98. The van der Waals surface area contributed by atoms with E-state index in [0.717, 1.165) is 12.8 Å². The highest BCUT2D eigenvalue weighted by Crippen LogP contribution is 2.38. The summed E-state index contributed by atoms with van der Waals surface area (Å²) < 4.78 is 22.8. The van der Waals surface area contributed by atoms with Crippen molar-refractivity contribution in [1.29, 1.82) is 0 Å². The van der Waals surface area contributed by atoms with E-state index < -0.39 is 9.05 Å². The normalized spacial score (nSPS) is 11.4. The molecule has 1 N–H and O–H groups in total. The zero-order valence-corrected chi connectivity index (χ0v) is 14.0. The summed E-state index contributed by atoms with van der Waals surface area (Å²) in [7, 11) is 1.35. The molecule has 0 aliphatic heterocycles. The summed E-state index contributed by atoms with van der Waals surface area (Å²) >= 11 is 12.0. The Morgan fingerprint density at radius 2 is 1.95 bits per heavy atom. The number of benzene rings is 1. The largest absolute Gasteiger partial charge is 0.324 e. The van der Waals surface area contributed by atoms with Crippen LogP contribution in [0.5, 0.6) is 0 Å². The van der Waals surface area contributed by atoms with Crippen LogP contribution in [0.25, 0.3) is 0 Å². The number of halogens is 3. The van der Waals surface area contributed by atoms with Gasteiger partial charge in [0.25, 0.3) is 9.05 Å². The minimum atomic E-state index is -3.95. The minimum Gasteiger partial charge on any atom is -0.324 e. The van der Waals surface area contributed by atoms with Crippen LogP contribution in [0.4, 0.5) is 5.69 Å². The molecule has 20 heavy (non-hydrogen) atoms. The fourth-order valence-electron chi connectivity index (χ4n) is 1.60. The van der Waals surface area contributed by atoms with E-state index in [4.69, 9.17) is 33.9 Å². The summed E-state index contributed by atoms with van der Waals surface area (Å²) in [6, 6.07) is 1.18. The Morgan fingerprint density at radius 1 is 1.35 bits per heavy atom. The minimum absolute atomic E-state index is 0.0321.